The summed E-state index contributed by atoms with van der Waals surface area (Å²) in [7, 11) is 0. The van der Waals surface area contributed by atoms with Crippen molar-refractivity contribution in [3.63, 3.8) is 0 Å². The molecule has 0 amide bonds. The molecule has 1 aliphatic rings. The third-order valence-electron chi connectivity index (χ3n) is 3.71. The van der Waals surface area contributed by atoms with E-state index >= 15 is 0 Å². The summed E-state index contributed by atoms with van der Waals surface area (Å²) >= 11 is 0. The molecule has 1 aromatic carbocycles. The molecule has 0 saturated carbocycles. The molecule has 106 valence electrons. The van der Waals surface area contributed by atoms with Gasteiger partial charge in [0.25, 0.3) is 0 Å². The molecule has 1 saturated heterocycles. The summed E-state index contributed by atoms with van der Waals surface area (Å²) in [6, 6.07) is 10.6. The van der Waals surface area contributed by atoms with Gasteiger partial charge in [0.15, 0.2) is 0 Å². The predicted molar refractivity (Wildman–Crippen MR) is 79.3 cm³/mol. The Labute approximate surface area is 116 Å². The molecule has 0 bridgehead atoms. The molecule has 1 atom stereocenters. The fraction of sp³-hybridized carbons (Fsp3) is 0.625. The number of nitrogens with one attached hydrogen (secondary N) is 1. The van der Waals surface area contributed by atoms with Crippen LogP contribution >= 0.6 is 0 Å². The van der Waals surface area contributed by atoms with E-state index in [1.54, 1.807) is 0 Å². The molecule has 0 radical (unpaired) electrons. The highest BCUT2D eigenvalue weighted by Crippen LogP contribution is 2.07. The van der Waals surface area contributed by atoms with Gasteiger partial charge in [-0.2, -0.15) is 0 Å². The summed E-state index contributed by atoms with van der Waals surface area (Å²) < 4.78 is 0. The monoisotopic (exact) mass is 262 g/mol. The van der Waals surface area contributed by atoms with Crippen LogP contribution in [0.5, 0.6) is 0 Å². The zero-order valence-electron chi connectivity index (χ0n) is 11.7. The fourth-order valence-electron chi connectivity index (χ4n) is 2.66. The van der Waals surface area contributed by atoms with Gasteiger partial charge in [-0.25, -0.2) is 0 Å². The molecule has 1 aromatic rings. The van der Waals surface area contributed by atoms with Crippen molar-refractivity contribution in [1.29, 1.82) is 0 Å². The van der Waals surface area contributed by atoms with Crippen LogP contribution in [0, 0.1) is 0 Å². The van der Waals surface area contributed by atoms with E-state index in [9.17, 15) is 5.11 Å². The van der Waals surface area contributed by atoms with Crippen LogP contribution in [0.2, 0.25) is 0 Å². The summed E-state index contributed by atoms with van der Waals surface area (Å²) in [4.78, 5) is 2.36. The first-order valence-corrected chi connectivity index (χ1v) is 7.49. The van der Waals surface area contributed by atoms with Gasteiger partial charge in [-0.3, -0.25) is 0 Å². The lowest BCUT2D eigenvalue weighted by atomic mass is 10.1. The summed E-state index contributed by atoms with van der Waals surface area (Å²) in [5.74, 6) is 0. The maximum atomic E-state index is 9.92. The summed E-state index contributed by atoms with van der Waals surface area (Å²) in [6.07, 6.45) is 4.58. The molecule has 1 aliphatic heterocycles. The van der Waals surface area contributed by atoms with Gasteiger partial charge in [0.1, 0.15) is 0 Å². The van der Waals surface area contributed by atoms with Gasteiger partial charge in [-0.05, 0) is 50.9 Å². The summed E-state index contributed by atoms with van der Waals surface area (Å²) in [5, 5.41) is 13.3. The van der Waals surface area contributed by atoms with Crippen molar-refractivity contribution < 1.29 is 5.11 Å². The molecule has 0 spiro atoms. The minimum atomic E-state index is -0.227. The fourth-order valence-corrected chi connectivity index (χ4v) is 2.66. The van der Waals surface area contributed by atoms with Gasteiger partial charge in [-0.15, -0.1) is 0 Å². The maximum absolute atomic E-state index is 9.92. The molecular formula is C16H26N2O. The molecule has 19 heavy (non-hydrogen) atoms. The van der Waals surface area contributed by atoms with E-state index in [1.165, 1.54) is 18.4 Å². The predicted octanol–water partition coefficient (Wildman–Crippen LogP) is 1.67. The number of nitrogens with zero attached hydrogens (tertiary/aromatic N) is 1. The largest absolute Gasteiger partial charge is 0.390 e. The Hall–Kier alpha value is -0.900. The molecule has 3 heteroatoms. The first-order valence-electron chi connectivity index (χ1n) is 7.49. The molecule has 1 heterocycles. The normalized spacial score (nSPS) is 17.7. The highest BCUT2D eigenvalue weighted by atomic mass is 16.3. The van der Waals surface area contributed by atoms with Crippen LogP contribution in [-0.2, 0) is 6.42 Å². The second-order valence-corrected chi connectivity index (χ2v) is 5.45. The molecule has 0 aromatic heterocycles. The van der Waals surface area contributed by atoms with E-state index in [0.29, 0.717) is 6.54 Å². The quantitative estimate of drug-likeness (QED) is 0.700. The van der Waals surface area contributed by atoms with E-state index in [2.05, 4.69) is 40.5 Å². The molecule has 1 fully saturated rings. The van der Waals surface area contributed by atoms with Gasteiger partial charge in [0, 0.05) is 13.1 Å². The van der Waals surface area contributed by atoms with Crippen molar-refractivity contribution in [2.24, 2.45) is 0 Å². The van der Waals surface area contributed by atoms with Crippen molar-refractivity contribution in [3.05, 3.63) is 35.9 Å². The van der Waals surface area contributed by atoms with Gasteiger partial charge in [-0.1, -0.05) is 30.3 Å². The molecular weight excluding hydrogens is 236 g/mol. The van der Waals surface area contributed by atoms with E-state index in [0.717, 1.165) is 39.0 Å². The van der Waals surface area contributed by atoms with E-state index in [-0.39, 0.29) is 6.10 Å². The number of hydrogen-bond donors (Lipinski definition) is 2. The molecule has 2 N–H and O–H groups in total. The molecule has 1 unspecified atom stereocenters. The molecule has 0 aliphatic carbocycles. The second kappa shape index (κ2) is 8.31. The van der Waals surface area contributed by atoms with Crippen molar-refractivity contribution in [2.75, 3.05) is 32.7 Å². The number of aliphatic hydroxyl groups is 1. The minimum Gasteiger partial charge on any atom is -0.390 e. The van der Waals surface area contributed by atoms with Crippen LogP contribution in [0.3, 0.4) is 0 Å². The highest BCUT2D eigenvalue weighted by molar-refractivity contribution is 5.14. The van der Waals surface area contributed by atoms with Crippen molar-refractivity contribution in [1.82, 2.24) is 10.2 Å². The van der Waals surface area contributed by atoms with Crippen LogP contribution in [-0.4, -0.2) is 48.8 Å². The first-order chi connectivity index (χ1) is 9.34. The van der Waals surface area contributed by atoms with Gasteiger partial charge in [0.05, 0.1) is 6.10 Å². The van der Waals surface area contributed by atoms with Crippen LogP contribution in [0.25, 0.3) is 0 Å². The van der Waals surface area contributed by atoms with Crippen molar-refractivity contribution in [2.45, 2.75) is 31.8 Å². The Bertz CT molecular complexity index is 336. The lowest BCUT2D eigenvalue weighted by Gasteiger charge is -2.19. The van der Waals surface area contributed by atoms with E-state index in [1.807, 2.05) is 0 Å². The Morgan fingerprint density at radius 1 is 1.16 bits per heavy atom. The standard InChI is InChI=1S/C16H26N2O/c19-16(14-18-11-4-5-12-18)13-17-10-6-9-15-7-2-1-3-8-15/h1-3,7-8,16-17,19H,4-6,9-14H2. The van der Waals surface area contributed by atoms with Crippen molar-refractivity contribution >= 4 is 0 Å². The van der Waals surface area contributed by atoms with Crippen molar-refractivity contribution in [3.8, 4) is 0 Å². The number of β-amino-alcohol motifs (C(OH)–C–C–N with tert-alkyl or cyclic N) is 1. The van der Waals surface area contributed by atoms with Crippen LogP contribution in [0.1, 0.15) is 24.8 Å². The number of aliphatic hydroxyl groups excluding tert-OH is 1. The summed E-state index contributed by atoms with van der Waals surface area (Å²) in [6.45, 7) is 4.83. The zero-order valence-corrected chi connectivity index (χ0v) is 11.7. The van der Waals surface area contributed by atoms with E-state index < -0.39 is 0 Å². The van der Waals surface area contributed by atoms with E-state index in [4.69, 9.17) is 0 Å². The molecule has 2 rings (SSSR count). The Morgan fingerprint density at radius 2 is 1.89 bits per heavy atom. The van der Waals surface area contributed by atoms with Crippen LogP contribution in [0.15, 0.2) is 30.3 Å². The Morgan fingerprint density at radius 3 is 2.63 bits per heavy atom. The second-order valence-electron chi connectivity index (χ2n) is 5.45. The maximum Gasteiger partial charge on any atom is 0.0791 e. The van der Waals surface area contributed by atoms with Crippen LogP contribution in [0.4, 0.5) is 0 Å². The smallest absolute Gasteiger partial charge is 0.0791 e. The average molecular weight is 262 g/mol. The Balaban J connectivity index is 1.49. The lowest BCUT2D eigenvalue weighted by molar-refractivity contribution is 0.123. The van der Waals surface area contributed by atoms with Crippen LogP contribution < -0.4 is 5.32 Å². The third-order valence-corrected chi connectivity index (χ3v) is 3.71. The average Bonchev–Trinajstić information content (AvgIpc) is 2.92. The zero-order chi connectivity index (χ0) is 13.3. The molecule has 3 nitrogen and oxygen atoms in total. The summed E-state index contributed by atoms with van der Waals surface area (Å²) in [5.41, 5.74) is 1.39. The third kappa shape index (κ3) is 5.72. The topological polar surface area (TPSA) is 35.5 Å². The highest BCUT2D eigenvalue weighted by Gasteiger charge is 2.14. The first kappa shape index (κ1) is 14.5. The number of aryl methyl sites for hydroxylation is 1. The number of benzene rings is 1. The lowest BCUT2D eigenvalue weighted by Crippen LogP contribution is -2.37. The van der Waals surface area contributed by atoms with Gasteiger partial charge < -0.3 is 15.3 Å². The SMILES string of the molecule is OC(CNCCCc1ccccc1)CN1CCCC1. The Kier molecular flexibility index (Phi) is 6.34. The van der Waals surface area contributed by atoms with Gasteiger partial charge in [0.2, 0.25) is 0 Å². The van der Waals surface area contributed by atoms with Gasteiger partial charge >= 0.3 is 0 Å². The minimum absolute atomic E-state index is 0.227. The number of likely N-dealkylation sites (tertiary alicyclic amines) is 1. The number of rotatable bonds is 8. The number of hydrogen-bond acceptors (Lipinski definition) is 3.